The lowest BCUT2D eigenvalue weighted by molar-refractivity contribution is -0.124. The number of hydrogen-bond acceptors (Lipinski definition) is 2. The second-order valence-electron chi connectivity index (χ2n) is 3.28. The average molecular weight is 198 g/mol. The van der Waals surface area contributed by atoms with Crippen molar-refractivity contribution >= 4 is 0 Å². The van der Waals surface area contributed by atoms with Crippen molar-refractivity contribution in [3.05, 3.63) is 0 Å². The van der Waals surface area contributed by atoms with Gasteiger partial charge in [-0.1, -0.05) is 6.92 Å². The average Bonchev–Trinajstić information content (AvgIpc) is 2.01. The van der Waals surface area contributed by atoms with E-state index in [0.717, 1.165) is 12.8 Å². The van der Waals surface area contributed by atoms with E-state index in [1.807, 2.05) is 6.92 Å². The summed E-state index contributed by atoms with van der Waals surface area (Å²) in [5.74, 6) is 0.396. The normalized spacial score (nSPS) is 14.5. The maximum absolute atomic E-state index is 11.6. The molecule has 0 spiro atoms. The van der Waals surface area contributed by atoms with Crippen LogP contribution in [0.1, 0.15) is 19.8 Å². The van der Waals surface area contributed by atoms with Crippen molar-refractivity contribution in [3.63, 3.8) is 0 Å². The summed E-state index contributed by atoms with van der Waals surface area (Å²) in [5.41, 5.74) is 5.36. The highest BCUT2D eigenvalue weighted by Gasteiger charge is 2.25. The summed E-state index contributed by atoms with van der Waals surface area (Å²) in [6, 6.07) is 0. The second kappa shape index (κ2) is 6.21. The van der Waals surface area contributed by atoms with Gasteiger partial charge in [0.2, 0.25) is 0 Å². The van der Waals surface area contributed by atoms with Crippen molar-refractivity contribution in [3.8, 4) is 0 Å². The molecule has 2 nitrogen and oxygen atoms in total. The molecule has 0 saturated heterocycles. The summed E-state index contributed by atoms with van der Waals surface area (Å²) in [6.07, 6.45) is -2.48. The smallest absolute Gasteiger partial charge is 0.330 e. The topological polar surface area (TPSA) is 38.0 Å². The maximum atomic E-state index is 11.6. The molecule has 0 amide bonds. The molecule has 0 saturated carbocycles. The SMILES string of the molecule is CC(CN)CCCNCC(F)(F)F. The molecular weight excluding hydrogens is 181 g/mol. The first-order valence-electron chi connectivity index (χ1n) is 4.43. The van der Waals surface area contributed by atoms with Crippen molar-refractivity contribution in [1.29, 1.82) is 0 Å². The number of halogens is 3. The van der Waals surface area contributed by atoms with E-state index in [-0.39, 0.29) is 0 Å². The molecule has 3 N–H and O–H groups in total. The highest BCUT2D eigenvalue weighted by Crippen LogP contribution is 2.12. The number of hydrogen-bond donors (Lipinski definition) is 2. The molecule has 80 valence electrons. The Bertz CT molecular complexity index is 125. The third-order valence-corrected chi connectivity index (χ3v) is 1.78. The van der Waals surface area contributed by atoms with Crippen LogP contribution in [0, 0.1) is 5.92 Å². The molecule has 0 fully saturated rings. The number of nitrogens with two attached hydrogens (primary N) is 1. The fraction of sp³-hybridized carbons (Fsp3) is 1.00. The third-order valence-electron chi connectivity index (χ3n) is 1.78. The van der Waals surface area contributed by atoms with Crippen LogP contribution >= 0.6 is 0 Å². The Balaban J connectivity index is 3.18. The van der Waals surface area contributed by atoms with Crippen LogP contribution < -0.4 is 11.1 Å². The van der Waals surface area contributed by atoms with Crippen LogP contribution in [0.4, 0.5) is 13.2 Å². The molecule has 5 heteroatoms. The van der Waals surface area contributed by atoms with E-state index < -0.39 is 12.7 Å². The zero-order chi connectivity index (χ0) is 10.3. The predicted octanol–water partition coefficient (Wildman–Crippen LogP) is 1.51. The van der Waals surface area contributed by atoms with Crippen LogP contribution in [-0.4, -0.2) is 25.8 Å². The van der Waals surface area contributed by atoms with E-state index >= 15 is 0 Å². The Morgan fingerprint density at radius 2 is 2.00 bits per heavy atom. The minimum Gasteiger partial charge on any atom is -0.330 e. The van der Waals surface area contributed by atoms with Gasteiger partial charge in [-0.3, -0.25) is 0 Å². The molecule has 1 atom stereocenters. The summed E-state index contributed by atoms with van der Waals surface area (Å²) in [4.78, 5) is 0. The first kappa shape index (κ1) is 12.7. The summed E-state index contributed by atoms with van der Waals surface area (Å²) in [6.45, 7) is 2.09. The highest BCUT2D eigenvalue weighted by atomic mass is 19.4. The lowest BCUT2D eigenvalue weighted by Crippen LogP contribution is -2.29. The number of alkyl halides is 3. The first-order valence-corrected chi connectivity index (χ1v) is 4.43. The molecule has 0 aliphatic rings. The van der Waals surface area contributed by atoms with Crippen LogP contribution in [0.3, 0.4) is 0 Å². The lowest BCUT2D eigenvalue weighted by Gasteiger charge is -2.10. The highest BCUT2D eigenvalue weighted by molar-refractivity contribution is 4.58. The molecule has 0 aliphatic carbocycles. The largest absolute Gasteiger partial charge is 0.401 e. The van der Waals surface area contributed by atoms with Gasteiger partial charge in [0.15, 0.2) is 0 Å². The molecular formula is C8H17F3N2. The van der Waals surface area contributed by atoms with Crippen LogP contribution in [0.15, 0.2) is 0 Å². The van der Waals surface area contributed by atoms with E-state index in [1.165, 1.54) is 0 Å². The van der Waals surface area contributed by atoms with E-state index in [1.54, 1.807) is 0 Å². The van der Waals surface area contributed by atoms with Gasteiger partial charge in [0, 0.05) is 0 Å². The van der Waals surface area contributed by atoms with Gasteiger partial charge in [-0.05, 0) is 31.8 Å². The van der Waals surface area contributed by atoms with Gasteiger partial charge in [-0.25, -0.2) is 0 Å². The van der Waals surface area contributed by atoms with Crippen molar-refractivity contribution < 1.29 is 13.2 Å². The molecule has 0 rings (SSSR count). The van der Waals surface area contributed by atoms with Crippen LogP contribution in [0.25, 0.3) is 0 Å². The van der Waals surface area contributed by atoms with Crippen molar-refractivity contribution in [2.24, 2.45) is 11.7 Å². The Kier molecular flexibility index (Phi) is 6.07. The fourth-order valence-corrected chi connectivity index (χ4v) is 0.923. The molecule has 0 radical (unpaired) electrons. The number of nitrogens with one attached hydrogen (secondary N) is 1. The maximum Gasteiger partial charge on any atom is 0.401 e. The molecule has 13 heavy (non-hydrogen) atoms. The van der Waals surface area contributed by atoms with Crippen molar-refractivity contribution in [2.45, 2.75) is 25.9 Å². The second-order valence-corrected chi connectivity index (χ2v) is 3.28. The van der Waals surface area contributed by atoms with E-state index in [9.17, 15) is 13.2 Å². The summed E-state index contributed by atoms with van der Waals surface area (Å²) >= 11 is 0. The minimum atomic E-state index is -4.10. The molecule has 0 aromatic rings. The zero-order valence-corrected chi connectivity index (χ0v) is 7.82. The van der Waals surface area contributed by atoms with E-state index in [4.69, 9.17) is 5.73 Å². The van der Waals surface area contributed by atoms with Gasteiger partial charge >= 0.3 is 6.18 Å². The Labute approximate surface area is 76.7 Å². The van der Waals surface area contributed by atoms with Gasteiger partial charge < -0.3 is 11.1 Å². The summed E-state index contributed by atoms with van der Waals surface area (Å²) in [7, 11) is 0. The zero-order valence-electron chi connectivity index (χ0n) is 7.82. The van der Waals surface area contributed by atoms with E-state index in [0.29, 0.717) is 19.0 Å². The molecule has 0 aromatic carbocycles. The van der Waals surface area contributed by atoms with Crippen LogP contribution in [-0.2, 0) is 0 Å². The summed E-state index contributed by atoms with van der Waals surface area (Å²) in [5, 5.41) is 2.34. The first-order chi connectivity index (χ1) is 5.95. The van der Waals surface area contributed by atoms with Gasteiger partial charge in [-0.15, -0.1) is 0 Å². The van der Waals surface area contributed by atoms with Gasteiger partial charge in [-0.2, -0.15) is 13.2 Å². The number of rotatable bonds is 6. The van der Waals surface area contributed by atoms with Gasteiger partial charge in [0.1, 0.15) is 0 Å². The minimum absolute atomic E-state index is 0.396. The Hall–Kier alpha value is -0.290. The van der Waals surface area contributed by atoms with Crippen LogP contribution in [0.2, 0.25) is 0 Å². The Morgan fingerprint density at radius 1 is 1.38 bits per heavy atom. The van der Waals surface area contributed by atoms with Gasteiger partial charge in [0.05, 0.1) is 6.54 Å². The third kappa shape index (κ3) is 9.63. The van der Waals surface area contributed by atoms with Crippen molar-refractivity contribution in [2.75, 3.05) is 19.6 Å². The van der Waals surface area contributed by atoms with E-state index in [2.05, 4.69) is 5.32 Å². The van der Waals surface area contributed by atoms with Crippen LogP contribution in [0.5, 0.6) is 0 Å². The van der Waals surface area contributed by atoms with Gasteiger partial charge in [0.25, 0.3) is 0 Å². The standard InChI is InChI=1S/C8H17F3N2/c1-7(5-12)3-2-4-13-6-8(9,10)11/h7,13H,2-6,12H2,1H3. The molecule has 1 unspecified atom stereocenters. The van der Waals surface area contributed by atoms with Crippen molar-refractivity contribution in [1.82, 2.24) is 5.32 Å². The Morgan fingerprint density at radius 3 is 2.46 bits per heavy atom. The molecule has 0 bridgehead atoms. The fourth-order valence-electron chi connectivity index (χ4n) is 0.923. The summed E-state index contributed by atoms with van der Waals surface area (Å²) < 4.78 is 34.9. The molecule has 0 heterocycles. The quantitative estimate of drug-likeness (QED) is 0.635. The predicted molar refractivity (Wildman–Crippen MR) is 46.4 cm³/mol. The molecule has 0 aromatic heterocycles. The lowest BCUT2D eigenvalue weighted by atomic mass is 10.1. The molecule has 0 aliphatic heterocycles. The monoisotopic (exact) mass is 198 g/mol.